The Kier molecular flexibility index (Phi) is 3.64. The maximum atomic E-state index is 5.77. The van der Waals surface area contributed by atoms with Gasteiger partial charge in [0.15, 0.2) is 5.82 Å². The number of rotatable bonds is 4. The van der Waals surface area contributed by atoms with Gasteiger partial charge in [0.2, 0.25) is 0 Å². The van der Waals surface area contributed by atoms with Crippen molar-refractivity contribution in [3.63, 3.8) is 0 Å². The van der Waals surface area contributed by atoms with Crippen LogP contribution in [-0.2, 0) is 6.54 Å². The van der Waals surface area contributed by atoms with E-state index in [0.29, 0.717) is 12.2 Å². The van der Waals surface area contributed by atoms with E-state index in [1.54, 1.807) is 0 Å². The summed E-state index contributed by atoms with van der Waals surface area (Å²) >= 11 is 0. The summed E-state index contributed by atoms with van der Waals surface area (Å²) in [4.78, 5) is 2.09. The van der Waals surface area contributed by atoms with Crippen LogP contribution in [0, 0.1) is 0 Å². The summed E-state index contributed by atoms with van der Waals surface area (Å²) in [6, 6.07) is 0. The first kappa shape index (κ1) is 10.7. The lowest BCUT2D eigenvalue weighted by molar-refractivity contribution is 0.809. The minimum absolute atomic E-state index is 0.396. The Bertz CT molecular complexity index is 295. The first-order chi connectivity index (χ1) is 6.74. The van der Waals surface area contributed by atoms with Gasteiger partial charge in [-0.2, -0.15) is 5.10 Å². The maximum absolute atomic E-state index is 5.77. The normalized spacial score (nSPS) is 10.2. The molecular weight excluding hydrogens is 178 g/mol. The van der Waals surface area contributed by atoms with Gasteiger partial charge in [-0.15, -0.1) is 5.10 Å². The van der Waals surface area contributed by atoms with Crippen molar-refractivity contribution in [3.8, 4) is 0 Å². The van der Waals surface area contributed by atoms with Gasteiger partial charge in [0.05, 0.1) is 11.9 Å². The smallest absolute Gasteiger partial charge is 0.157 e. The Balaban J connectivity index is 3.11. The molecule has 0 aliphatic heterocycles. The van der Waals surface area contributed by atoms with E-state index in [4.69, 9.17) is 11.5 Å². The SMILES string of the molecule is CCN(CC)c1nncc(N)c1CN. The van der Waals surface area contributed by atoms with Crippen molar-refractivity contribution in [3.05, 3.63) is 11.8 Å². The lowest BCUT2D eigenvalue weighted by atomic mass is 10.2. The van der Waals surface area contributed by atoms with Crippen LogP contribution in [0.5, 0.6) is 0 Å². The minimum Gasteiger partial charge on any atom is -0.397 e. The average molecular weight is 195 g/mol. The summed E-state index contributed by atoms with van der Waals surface area (Å²) < 4.78 is 0. The number of hydrogen-bond acceptors (Lipinski definition) is 5. The summed E-state index contributed by atoms with van der Waals surface area (Å²) in [7, 11) is 0. The first-order valence-corrected chi connectivity index (χ1v) is 4.79. The summed E-state index contributed by atoms with van der Waals surface area (Å²) in [5.74, 6) is 0.803. The van der Waals surface area contributed by atoms with Crippen molar-refractivity contribution < 1.29 is 0 Å². The van der Waals surface area contributed by atoms with E-state index in [1.165, 1.54) is 6.20 Å². The quantitative estimate of drug-likeness (QED) is 0.725. The molecule has 1 heterocycles. The van der Waals surface area contributed by atoms with Gasteiger partial charge in [0.25, 0.3) is 0 Å². The molecule has 0 fully saturated rings. The first-order valence-electron chi connectivity index (χ1n) is 4.79. The van der Waals surface area contributed by atoms with Crippen LogP contribution in [0.15, 0.2) is 6.20 Å². The largest absolute Gasteiger partial charge is 0.397 e. The highest BCUT2D eigenvalue weighted by Crippen LogP contribution is 2.20. The fourth-order valence-corrected chi connectivity index (χ4v) is 1.40. The van der Waals surface area contributed by atoms with Crippen LogP contribution in [0.4, 0.5) is 11.5 Å². The zero-order valence-corrected chi connectivity index (χ0v) is 8.70. The fourth-order valence-electron chi connectivity index (χ4n) is 1.40. The number of nitrogen functional groups attached to an aromatic ring is 1. The Hall–Kier alpha value is -1.36. The second-order valence-electron chi connectivity index (χ2n) is 2.98. The van der Waals surface area contributed by atoms with Gasteiger partial charge in [0, 0.05) is 25.2 Å². The minimum atomic E-state index is 0.396. The lowest BCUT2D eigenvalue weighted by Gasteiger charge is -2.22. The number of anilines is 2. The molecule has 0 aromatic carbocycles. The number of nitrogens with zero attached hydrogens (tertiary/aromatic N) is 3. The second kappa shape index (κ2) is 4.76. The molecule has 0 amide bonds. The monoisotopic (exact) mass is 195 g/mol. The molecular formula is C9H17N5. The molecule has 0 aliphatic carbocycles. The van der Waals surface area contributed by atoms with E-state index < -0.39 is 0 Å². The van der Waals surface area contributed by atoms with Gasteiger partial charge < -0.3 is 16.4 Å². The van der Waals surface area contributed by atoms with Crippen molar-refractivity contribution >= 4 is 11.5 Å². The van der Waals surface area contributed by atoms with Crippen LogP contribution < -0.4 is 16.4 Å². The van der Waals surface area contributed by atoms with E-state index in [9.17, 15) is 0 Å². The highest BCUT2D eigenvalue weighted by atomic mass is 15.3. The molecule has 4 N–H and O–H groups in total. The molecule has 14 heavy (non-hydrogen) atoms. The maximum Gasteiger partial charge on any atom is 0.157 e. The molecule has 5 nitrogen and oxygen atoms in total. The van der Waals surface area contributed by atoms with Crippen LogP contribution in [-0.4, -0.2) is 23.3 Å². The molecule has 78 valence electrons. The van der Waals surface area contributed by atoms with Gasteiger partial charge in [0.1, 0.15) is 0 Å². The molecule has 0 radical (unpaired) electrons. The highest BCUT2D eigenvalue weighted by Gasteiger charge is 2.11. The average Bonchev–Trinajstić information content (AvgIpc) is 2.20. The van der Waals surface area contributed by atoms with Crippen molar-refractivity contribution in [2.75, 3.05) is 23.7 Å². The van der Waals surface area contributed by atoms with E-state index in [0.717, 1.165) is 24.5 Å². The Morgan fingerprint density at radius 3 is 2.50 bits per heavy atom. The van der Waals surface area contributed by atoms with Gasteiger partial charge in [-0.05, 0) is 13.8 Å². The van der Waals surface area contributed by atoms with E-state index in [1.807, 2.05) is 0 Å². The van der Waals surface area contributed by atoms with Crippen molar-refractivity contribution in [1.82, 2.24) is 10.2 Å². The third-order valence-corrected chi connectivity index (χ3v) is 2.23. The van der Waals surface area contributed by atoms with E-state index >= 15 is 0 Å². The summed E-state index contributed by atoms with van der Waals surface area (Å²) in [5, 5.41) is 7.91. The van der Waals surface area contributed by atoms with Crippen LogP contribution >= 0.6 is 0 Å². The second-order valence-corrected chi connectivity index (χ2v) is 2.98. The molecule has 1 aromatic heterocycles. The Morgan fingerprint density at radius 1 is 1.36 bits per heavy atom. The van der Waals surface area contributed by atoms with Crippen LogP contribution in [0.3, 0.4) is 0 Å². The third kappa shape index (κ3) is 1.93. The topological polar surface area (TPSA) is 81.1 Å². The standard InChI is InChI=1S/C9H17N5/c1-3-14(4-2)9-7(5-10)8(11)6-12-13-9/h6H,3-5,10H2,1-2H3,(H2,11,13). The predicted molar refractivity (Wildman–Crippen MR) is 57.9 cm³/mol. The Morgan fingerprint density at radius 2 is 2.00 bits per heavy atom. The van der Waals surface area contributed by atoms with Crippen LogP contribution in [0.25, 0.3) is 0 Å². The van der Waals surface area contributed by atoms with Gasteiger partial charge >= 0.3 is 0 Å². The molecule has 5 heteroatoms. The van der Waals surface area contributed by atoms with Crippen molar-refractivity contribution in [2.45, 2.75) is 20.4 Å². The number of hydrogen-bond donors (Lipinski definition) is 2. The lowest BCUT2D eigenvalue weighted by Crippen LogP contribution is -2.26. The zero-order chi connectivity index (χ0) is 10.6. The fraction of sp³-hybridized carbons (Fsp3) is 0.556. The summed E-state index contributed by atoms with van der Waals surface area (Å²) in [5.41, 5.74) is 12.9. The molecule has 0 atom stereocenters. The van der Waals surface area contributed by atoms with Crippen LogP contribution in [0.2, 0.25) is 0 Å². The predicted octanol–water partition coefficient (Wildman–Crippen LogP) is 0.364. The van der Waals surface area contributed by atoms with Crippen molar-refractivity contribution in [1.29, 1.82) is 0 Å². The molecule has 0 saturated carbocycles. The number of nitrogens with two attached hydrogens (primary N) is 2. The van der Waals surface area contributed by atoms with Gasteiger partial charge in [-0.1, -0.05) is 0 Å². The number of aromatic nitrogens is 2. The molecule has 0 spiro atoms. The van der Waals surface area contributed by atoms with Crippen molar-refractivity contribution in [2.24, 2.45) is 5.73 Å². The summed E-state index contributed by atoms with van der Waals surface area (Å²) in [6.45, 7) is 6.28. The molecule has 0 saturated heterocycles. The molecule has 0 unspecified atom stereocenters. The van der Waals surface area contributed by atoms with E-state index in [-0.39, 0.29) is 0 Å². The molecule has 1 aromatic rings. The zero-order valence-electron chi connectivity index (χ0n) is 8.70. The van der Waals surface area contributed by atoms with Gasteiger partial charge in [-0.25, -0.2) is 0 Å². The molecule has 1 rings (SSSR count). The molecule has 0 bridgehead atoms. The van der Waals surface area contributed by atoms with Crippen LogP contribution in [0.1, 0.15) is 19.4 Å². The third-order valence-electron chi connectivity index (χ3n) is 2.23. The molecule has 0 aliphatic rings. The van der Waals surface area contributed by atoms with Gasteiger partial charge in [-0.3, -0.25) is 0 Å². The Labute approximate surface area is 84.1 Å². The highest BCUT2D eigenvalue weighted by molar-refractivity contribution is 5.58. The summed E-state index contributed by atoms with van der Waals surface area (Å²) in [6.07, 6.45) is 1.54. The van der Waals surface area contributed by atoms with E-state index in [2.05, 4.69) is 28.9 Å².